The van der Waals surface area contributed by atoms with Crippen molar-refractivity contribution in [2.75, 3.05) is 6.54 Å². The van der Waals surface area contributed by atoms with Crippen LogP contribution in [-0.2, 0) is 11.3 Å². The third-order valence-corrected chi connectivity index (χ3v) is 4.17. The predicted octanol–water partition coefficient (Wildman–Crippen LogP) is 1.19. The van der Waals surface area contributed by atoms with Gasteiger partial charge in [0.05, 0.1) is 19.2 Å². The molecule has 0 radical (unpaired) electrons. The van der Waals surface area contributed by atoms with Crippen LogP contribution in [0.15, 0.2) is 18.5 Å². The van der Waals surface area contributed by atoms with Crippen molar-refractivity contribution in [3.8, 4) is 5.75 Å². The second-order valence-electron chi connectivity index (χ2n) is 5.84. The van der Waals surface area contributed by atoms with Crippen molar-refractivity contribution in [3.05, 3.63) is 35.4 Å². The van der Waals surface area contributed by atoms with Crippen molar-refractivity contribution in [3.63, 3.8) is 0 Å². The molecule has 1 aromatic rings. The van der Waals surface area contributed by atoms with E-state index >= 15 is 0 Å². The number of pyridine rings is 1. The SMILES string of the molecule is [C-]#[N+]C1CC2(CN1C(C)C)Oc1cnccc1CNC2=O. The molecule has 21 heavy (non-hydrogen) atoms. The lowest BCUT2D eigenvalue weighted by Gasteiger charge is -2.27. The predicted molar refractivity (Wildman–Crippen MR) is 76.3 cm³/mol. The van der Waals surface area contributed by atoms with E-state index in [2.05, 4.69) is 15.1 Å². The molecule has 1 amide bonds. The standard InChI is InChI=1S/C15H18N4O2/c1-10(2)19-9-15(6-13(19)16-3)14(20)18-7-11-4-5-17-8-12(11)21-15/h4-5,8,10,13H,6-7,9H2,1-2H3,(H,18,20). The summed E-state index contributed by atoms with van der Waals surface area (Å²) in [4.78, 5) is 22.3. The summed E-state index contributed by atoms with van der Waals surface area (Å²) in [6.45, 7) is 12.3. The molecule has 1 fully saturated rings. The Morgan fingerprint density at radius 3 is 3.10 bits per heavy atom. The summed E-state index contributed by atoms with van der Waals surface area (Å²) in [7, 11) is 0. The van der Waals surface area contributed by atoms with Crippen LogP contribution in [0.25, 0.3) is 4.85 Å². The van der Waals surface area contributed by atoms with Gasteiger partial charge >= 0.3 is 0 Å². The number of likely N-dealkylation sites (tertiary alicyclic amines) is 1. The Balaban J connectivity index is 1.97. The number of fused-ring (bicyclic) bond motifs is 1. The van der Waals surface area contributed by atoms with Gasteiger partial charge in [0.25, 0.3) is 12.1 Å². The van der Waals surface area contributed by atoms with E-state index in [0.717, 1.165) is 5.56 Å². The first-order chi connectivity index (χ1) is 10.1. The number of aromatic nitrogens is 1. The summed E-state index contributed by atoms with van der Waals surface area (Å²) in [5, 5.41) is 2.92. The van der Waals surface area contributed by atoms with E-state index in [1.807, 2.05) is 24.8 Å². The number of hydrogen-bond donors (Lipinski definition) is 1. The molecular weight excluding hydrogens is 268 g/mol. The maximum Gasteiger partial charge on any atom is 0.284 e. The zero-order valence-corrected chi connectivity index (χ0v) is 12.2. The topological polar surface area (TPSA) is 58.8 Å². The lowest BCUT2D eigenvalue weighted by Crippen LogP contribution is -2.52. The van der Waals surface area contributed by atoms with Gasteiger partial charge in [-0.05, 0) is 19.9 Å². The Kier molecular flexibility index (Phi) is 3.30. The maximum absolute atomic E-state index is 12.6. The van der Waals surface area contributed by atoms with Gasteiger partial charge in [0.15, 0.2) is 0 Å². The molecule has 3 heterocycles. The Labute approximate surface area is 123 Å². The highest BCUT2D eigenvalue weighted by Crippen LogP contribution is 2.36. The number of nitrogens with zero attached hydrogens (tertiary/aromatic N) is 3. The van der Waals surface area contributed by atoms with Crippen LogP contribution >= 0.6 is 0 Å². The summed E-state index contributed by atoms with van der Waals surface area (Å²) in [6.07, 6.45) is 3.38. The number of carbonyl (C=O) groups is 1. The van der Waals surface area contributed by atoms with E-state index in [9.17, 15) is 4.79 Å². The molecule has 0 aliphatic carbocycles. The first kappa shape index (κ1) is 13.8. The summed E-state index contributed by atoms with van der Waals surface area (Å²) in [6, 6.07) is 2.03. The highest BCUT2D eigenvalue weighted by atomic mass is 16.5. The minimum atomic E-state index is -0.992. The van der Waals surface area contributed by atoms with Crippen LogP contribution in [0.4, 0.5) is 0 Å². The number of amides is 1. The van der Waals surface area contributed by atoms with Gasteiger partial charge in [-0.25, -0.2) is 11.5 Å². The Morgan fingerprint density at radius 1 is 1.62 bits per heavy atom. The fraction of sp³-hybridized carbons (Fsp3) is 0.533. The van der Waals surface area contributed by atoms with Crippen molar-refractivity contribution in [2.45, 2.75) is 44.6 Å². The molecule has 0 aromatic carbocycles. The minimum absolute atomic E-state index is 0.143. The summed E-state index contributed by atoms with van der Waals surface area (Å²) in [5.74, 6) is 0.487. The monoisotopic (exact) mass is 286 g/mol. The van der Waals surface area contributed by atoms with Gasteiger partial charge in [-0.2, -0.15) is 0 Å². The molecule has 1 aromatic heterocycles. The van der Waals surface area contributed by atoms with E-state index < -0.39 is 5.60 Å². The summed E-state index contributed by atoms with van der Waals surface area (Å²) < 4.78 is 6.07. The zero-order valence-electron chi connectivity index (χ0n) is 12.2. The highest BCUT2D eigenvalue weighted by Gasteiger charge is 2.56. The van der Waals surface area contributed by atoms with Gasteiger partial charge < -0.3 is 10.1 Å². The maximum atomic E-state index is 12.6. The van der Waals surface area contributed by atoms with Gasteiger partial charge in [0.1, 0.15) is 5.75 Å². The fourth-order valence-electron chi connectivity index (χ4n) is 3.00. The number of ether oxygens (including phenoxy) is 1. The Morgan fingerprint density at radius 2 is 2.43 bits per heavy atom. The molecule has 3 rings (SSSR count). The van der Waals surface area contributed by atoms with E-state index in [4.69, 9.17) is 11.3 Å². The van der Waals surface area contributed by atoms with Crippen molar-refractivity contribution < 1.29 is 9.53 Å². The molecule has 6 heteroatoms. The summed E-state index contributed by atoms with van der Waals surface area (Å²) >= 11 is 0. The molecule has 110 valence electrons. The van der Waals surface area contributed by atoms with Crippen molar-refractivity contribution >= 4 is 5.91 Å². The van der Waals surface area contributed by atoms with Gasteiger partial charge in [-0.3, -0.25) is 14.6 Å². The number of hydrogen-bond acceptors (Lipinski definition) is 4. The van der Waals surface area contributed by atoms with Crippen LogP contribution in [0.1, 0.15) is 25.8 Å². The smallest absolute Gasteiger partial charge is 0.284 e. The molecule has 2 aliphatic rings. The number of nitrogens with one attached hydrogen (secondary N) is 1. The van der Waals surface area contributed by atoms with Crippen LogP contribution in [0, 0.1) is 6.57 Å². The molecule has 6 nitrogen and oxygen atoms in total. The Hall–Kier alpha value is -2.13. The second kappa shape index (κ2) is 5.01. The molecule has 2 atom stereocenters. The van der Waals surface area contributed by atoms with Crippen LogP contribution in [0.3, 0.4) is 0 Å². The van der Waals surface area contributed by atoms with Crippen LogP contribution in [-0.4, -0.2) is 40.1 Å². The molecule has 1 saturated heterocycles. The van der Waals surface area contributed by atoms with E-state index in [1.54, 1.807) is 12.4 Å². The highest BCUT2D eigenvalue weighted by molar-refractivity contribution is 5.87. The average Bonchev–Trinajstić information content (AvgIpc) is 2.79. The van der Waals surface area contributed by atoms with Gasteiger partial charge in [0.2, 0.25) is 5.60 Å². The van der Waals surface area contributed by atoms with E-state index in [-0.39, 0.29) is 18.1 Å². The third-order valence-electron chi connectivity index (χ3n) is 4.17. The third kappa shape index (κ3) is 2.24. The zero-order chi connectivity index (χ0) is 15.0. The van der Waals surface area contributed by atoms with Crippen LogP contribution < -0.4 is 10.1 Å². The molecular formula is C15H18N4O2. The van der Waals surface area contributed by atoms with E-state index in [1.165, 1.54) is 0 Å². The second-order valence-corrected chi connectivity index (χ2v) is 5.84. The summed E-state index contributed by atoms with van der Waals surface area (Å²) in [5.41, 5.74) is -0.0779. The first-order valence-corrected chi connectivity index (χ1v) is 7.08. The van der Waals surface area contributed by atoms with Crippen molar-refractivity contribution in [2.24, 2.45) is 0 Å². The normalized spacial score (nSPS) is 28.7. The average molecular weight is 286 g/mol. The fourth-order valence-corrected chi connectivity index (χ4v) is 3.00. The first-order valence-electron chi connectivity index (χ1n) is 7.08. The van der Waals surface area contributed by atoms with Crippen LogP contribution in [0.2, 0.25) is 0 Å². The van der Waals surface area contributed by atoms with Gasteiger partial charge in [-0.1, -0.05) is 0 Å². The van der Waals surface area contributed by atoms with Gasteiger partial charge in [-0.15, -0.1) is 0 Å². The number of carbonyl (C=O) groups excluding carboxylic acids is 1. The minimum Gasteiger partial charge on any atom is -0.474 e. The molecule has 2 aliphatic heterocycles. The van der Waals surface area contributed by atoms with Crippen molar-refractivity contribution in [1.29, 1.82) is 0 Å². The molecule has 0 saturated carbocycles. The molecule has 2 unspecified atom stereocenters. The largest absolute Gasteiger partial charge is 0.474 e. The lowest BCUT2D eigenvalue weighted by molar-refractivity contribution is -0.135. The van der Waals surface area contributed by atoms with E-state index in [0.29, 0.717) is 25.3 Å². The van der Waals surface area contributed by atoms with Gasteiger partial charge in [0, 0.05) is 24.3 Å². The quantitative estimate of drug-likeness (QED) is 0.788. The lowest BCUT2D eigenvalue weighted by atomic mass is 10.0. The molecule has 0 bridgehead atoms. The number of rotatable bonds is 1. The van der Waals surface area contributed by atoms with Crippen molar-refractivity contribution in [1.82, 2.24) is 15.2 Å². The molecule has 1 spiro atoms. The molecule has 1 N–H and O–H groups in total. The Bertz CT molecular complexity index is 610. The van der Waals surface area contributed by atoms with Crippen LogP contribution in [0.5, 0.6) is 5.75 Å².